The van der Waals surface area contributed by atoms with Crippen LogP contribution >= 0.6 is 0 Å². The summed E-state index contributed by atoms with van der Waals surface area (Å²) >= 11 is 0. The Morgan fingerprint density at radius 3 is 1.61 bits per heavy atom. The molecule has 0 N–H and O–H groups in total. The Bertz CT molecular complexity index is 409. The first kappa shape index (κ1) is 21.9. The van der Waals surface area contributed by atoms with Crippen molar-refractivity contribution in [1.82, 2.24) is 0 Å². The number of alkyl halides is 11. The number of hydrogen-bond acceptors (Lipinski definition) is 1. The molecule has 0 spiro atoms. The van der Waals surface area contributed by atoms with Gasteiger partial charge >= 0.3 is 30.2 Å². The summed E-state index contributed by atoms with van der Waals surface area (Å²) in [7, 11) is 0. The van der Waals surface area contributed by atoms with E-state index in [2.05, 4.69) is 4.74 Å². The third-order valence-corrected chi connectivity index (χ3v) is 2.44. The molecule has 12 heteroatoms. The lowest BCUT2D eigenvalue weighted by molar-refractivity contribution is -0.473. The van der Waals surface area contributed by atoms with Crippen LogP contribution in [0.2, 0.25) is 0 Å². The van der Waals surface area contributed by atoms with Gasteiger partial charge in [0.25, 0.3) is 0 Å². The molecule has 0 fully saturated rings. The van der Waals surface area contributed by atoms with Gasteiger partial charge in [-0.1, -0.05) is 25.8 Å². The molecular weight excluding hydrogens is 357 g/mol. The van der Waals surface area contributed by atoms with Crippen molar-refractivity contribution in [3.63, 3.8) is 0 Å². The fourth-order valence-electron chi connectivity index (χ4n) is 1.16. The van der Waals surface area contributed by atoms with Gasteiger partial charge in [-0.05, 0) is 12.5 Å². The van der Waals surface area contributed by atoms with E-state index in [4.69, 9.17) is 0 Å². The van der Waals surface area contributed by atoms with Crippen LogP contribution in [0.5, 0.6) is 0 Å². The molecule has 0 radical (unpaired) electrons. The lowest BCUT2D eigenvalue weighted by atomic mass is 10.2. The lowest BCUT2D eigenvalue weighted by Gasteiger charge is -2.33. The van der Waals surface area contributed by atoms with Crippen LogP contribution in [0.25, 0.3) is 0 Å². The van der Waals surface area contributed by atoms with E-state index >= 15 is 0 Å². The minimum Gasteiger partial charge on any atom is -0.266 e. The molecule has 0 aliphatic carbocycles. The van der Waals surface area contributed by atoms with Gasteiger partial charge in [0.2, 0.25) is 0 Å². The van der Waals surface area contributed by atoms with Crippen LogP contribution in [0.4, 0.5) is 48.3 Å². The van der Waals surface area contributed by atoms with Crippen LogP contribution < -0.4 is 0 Å². The molecule has 0 bridgehead atoms. The largest absolute Gasteiger partial charge is 0.462 e. The van der Waals surface area contributed by atoms with E-state index in [9.17, 15) is 48.3 Å². The number of hydrogen-bond donors (Lipinski definition) is 0. The van der Waals surface area contributed by atoms with Crippen molar-refractivity contribution in [3.05, 3.63) is 12.2 Å². The second kappa shape index (κ2) is 6.81. The fraction of sp³-hybridized carbons (Fsp3) is 0.818. The Balaban J connectivity index is 5.60. The number of unbranched alkanes of at least 4 members (excludes halogenated alkanes) is 2. The van der Waals surface area contributed by atoms with E-state index in [0.29, 0.717) is 12.5 Å². The van der Waals surface area contributed by atoms with E-state index in [1.807, 2.05) is 0 Å². The normalized spacial score (nSPS) is 17.6. The third-order valence-electron chi connectivity index (χ3n) is 2.44. The molecule has 0 aromatic rings. The zero-order chi connectivity index (χ0) is 18.7. The summed E-state index contributed by atoms with van der Waals surface area (Å²) in [6, 6.07) is 0. The first-order chi connectivity index (χ1) is 10.0. The van der Waals surface area contributed by atoms with Crippen molar-refractivity contribution < 1.29 is 53.0 Å². The number of halogens is 11. The molecular formula is C11H11F11O. The highest BCUT2D eigenvalue weighted by molar-refractivity contribution is 5.02. The van der Waals surface area contributed by atoms with E-state index in [0.717, 1.165) is 0 Å². The highest BCUT2D eigenvalue weighted by atomic mass is 19.4. The van der Waals surface area contributed by atoms with Gasteiger partial charge in [-0.25, -0.2) is 0 Å². The summed E-state index contributed by atoms with van der Waals surface area (Å²) in [4.78, 5) is 0. The molecule has 0 rings (SSSR count). The molecule has 1 atom stereocenters. The van der Waals surface area contributed by atoms with Gasteiger partial charge in [0.1, 0.15) is 0 Å². The van der Waals surface area contributed by atoms with Crippen LogP contribution in [-0.4, -0.2) is 30.2 Å². The average Bonchev–Trinajstić information content (AvgIpc) is 2.31. The van der Waals surface area contributed by atoms with Crippen LogP contribution in [0, 0.1) is 0 Å². The summed E-state index contributed by atoms with van der Waals surface area (Å²) in [5.74, 6) is -12.5. The second-order valence-electron chi connectivity index (χ2n) is 4.38. The van der Waals surface area contributed by atoms with Gasteiger partial charge in [-0.15, -0.1) is 0 Å². The van der Waals surface area contributed by atoms with E-state index in [1.54, 1.807) is 6.92 Å². The molecule has 138 valence electrons. The standard InChI is InChI=1S/C11H11F11O/c1-2-3-4-5-6-7(12,9(15,16)17)23-11(21,22)8(13,14)10(18,19)20/h5-6H,2-4H2,1H3. The Labute approximate surface area is 123 Å². The minimum atomic E-state index is -7.03. The van der Waals surface area contributed by atoms with E-state index in [-0.39, 0.29) is 12.8 Å². The predicted molar refractivity (Wildman–Crippen MR) is 55.6 cm³/mol. The highest BCUT2D eigenvalue weighted by Crippen LogP contribution is 2.51. The first-order valence-electron chi connectivity index (χ1n) is 5.97. The van der Waals surface area contributed by atoms with Crippen molar-refractivity contribution in [2.45, 2.75) is 56.4 Å². The maximum absolute atomic E-state index is 13.5. The summed E-state index contributed by atoms with van der Waals surface area (Å²) in [6.45, 7) is 1.58. The van der Waals surface area contributed by atoms with Gasteiger partial charge in [-0.3, -0.25) is 4.74 Å². The highest BCUT2D eigenvalue weighted by Gasteiger charge is 2.77. The third kappa shape index (κ3) is 4.95. The molecule has 0 saturated carbocycles. The van der Waals surface area contributed by atoms with Crippen LogP contribution in [-0.2, 0) is 4.74 Å². The summed E-state index contributed by atoms with van der Waals surface area (Å²) in [5.41, 5.74) is 0. The van der Waals surface area contributed by atoms with Crippen molar-refractivity contribution in [2.24, 2.45) is 0 Å². The minimum absolute atomic E-state index is 0.194. The Morgan fingerprint density at radius 2 is 1.26 bits per heavy atom. The number of ether oxygens (including phenoxy) is 1. The topological polar surface area (TPSA) is 9.23 Å². The Kier molecular flexibility index (Phi) is 6.50. The Morgan fingerprint density at radius 1 is 0.783 bits per heavy atom. The van der Waals surface area contributed by atoms with Crippen molar-refractivity contribution in [3.8, 4) is 0 Å². The molecule has 23 heavy (non-hydrogen) atoms. The van der Waals surface area contributed by atoms with E-state index in [1.165, 1.54) is 0 Å². The summed E-state index contributed by atoms with van der Waals surface area (Å²) < 4.78 is 139. The van der Waals surface area contributed by atoms with Gasteiger partial charge in [0, 0.05) is 0 Å². The molecule has 0 saturated heterocycles. The zero-order valence-electron chi connectivity index (χ0n) is 11.3. The van der Waals surface area contributed by atoms with Crippen molar-refractivity contribution in [2.75, 3.05) is 0 Å². The molecule has 0 aromatic carbocycles. The van der Waals surface area contributed by atoms with Gasteiger partial charge in [0.05, 0.1) is 0 Å². The molecule has 1 unspecified atom stereocenters. The van der Waals surface area contributed by atoms with Gasteiger partial charge in [0.15, 0.2) is 0 Å². The average molecular weight is 368 g/mol. The molecule has 0 aliphatic rings. The van der Waals surface area contributed by atoms with E-state index < -0.39 is 36.3 Å². The lowest BCUT2D eigenvalue weighted by Crippen LogP contribution is -2.58. The molecule has 1 nitrogen and oxygen atoms in total. The fourth-order valence-corrected chi connectivity index (χ4v) is 1.16. The maximum Gasteiger partial charge on any atom is 0.462 e. The van der Waals surface area contributed by atoms with Crippen LogP contribution in [0.3, 0.4) is 0 Å². The zero-order valence-corrected chi connectivity index (χ0v) is 11.3. The number of rotatable bonds is 7. The molecule has 0 aromatic heterocycles. The molecule has 0 amide bonds. The van der Waals surface area contributed by atoms with Crippen molar-refractivity contribution >= 4 is 0 Å². The smallest absolute Gasteiger partial charge is 0.266 e. The monoisotopic (exact) mass is 368 g/mol. The predicted octanol–water partition coefficient (Wildman–Crippen LogP) is 5.77. The number of allylic oxidation sites excluding steroid dienone is 1. The maximum atomic E-state index is 13.5. The van der Waals surface area contributed by atoms with Gasteiger partial charge < -0.3 is 0 Å². The second-order valence-corrected chi connectivity index (χ2v) is 4.38. The summed E-state index contributed by atoms with van der Waals surface area (Å²) in [5, 5.41) is 0. The molecule has 0 aliphatic heterocycles. The quantitative estimate of drug-likeness (QED) is 0.315. The Hall–Kier alpha value is -1.07. The van der Waals surface area contributed by atoms with Crippen molar-refractivity contribution in [1.29, 1.82) is 0 Å². The van der Waals surface area contributed by atoms with Crippen LogP contribution in [0.1, 0.15) is 26.2 Å². The molecule has 0 heterocycles. The SMILES string of the molecule is CCCCC=CC(F)(OC(F)(F)C(F)(F)C(F)(F)F)C(F)(F)F. The van der Waals surface area contributed by atoms with Gasteiger partial charge in [-0.2, -0.15) is 48.3 Å². The van der Waals surface area contributed by atoms with Crippen LogP contribution in [0.15, 0.2) is 12.2 Å². The first-order valence-corrected chi connectivity index (χ1v) is 5.97. The summed E-state index contributed by atoms with van der Waals surface area (Å²) in [6.07, 6.45) is -20.0.